The Hall–Kier alpha value is -1.86. The number of nitrogens with one attached hydrogen (secondary N) is 1. The first-order valence-corrected chi connectivity index (χ1v) is 7.77. The van der Waals surface area contributed by atoms with Crippen LogP contribution in [0.1, 0.15) is 32.8 Å². The van der Waals surface area contributed by atoms with Gasteiger partial charge in [-0.1, -0.05) is 67.6 Å². The Balaban J connectivity index is 2.22. The Bertz CT molecular complexity index is 584. The fraction of sp³-hybridized carbons (Fsp3) is 0.300. The van der Waals surface area contributed by atoms with Gasteiger partial charge in [0, 0.05) is 12.6 Å². The molecule has 0 aliphatic rings. The van der Waals surface area contributed by atoms with E-state index < -0.39 is 0 Å². The molecule has 1 nitrogen and oxygen atoms in total. The molecule has 0 fully saturated rings. The Labute approximate surface area is 128 Å². The van der Waals surface area contributed by atoms with Gasteiger partial charge in [-0.25, -0.2) is 0 Å². The van der Waals surface area contributed by atoms with Crippen LogP contribution in [0.3, 0.4) is 0 Å². The van der Waals surface area contributed by atoms with Gasteiger partial charge >= 0.3 is 0 Å². The van der Waals surface area contributed by atoms with Crippen LogP contribution in [0.2, 0.25) is 0 Å². The first-order valence-electron chi connectivity index (χ1n) is 7.77. The summed E-state index contributed by atoms with van der Waals surface area (Å²) in [5, 5.41) is 3.52. The lowest BCUT2D eigenvalue weighted by molar-refractivity contribution is 0.567. The third-order valence-corrected chi connectivity index (χ3v) is 3.92. The molecule has 2 aromatic carbocycles. The van der Waals surface area contributed by atoms with E-state index in [1.54, 1.807) is 0 Å². The molecule has 21 heavy (non-hydrogen) atoms. The second-order valence-corrected chi connectivity index (χ2v) is 5.52. The van der Waals surface area contributed by atoms with Crippen molar-refractivity contribution in [3.8, 4) is 11.1 Å². The minimum Gasteiger partial charge on any atom is -0.311 e. The lowest BCUT2D eigenvalue weighted by Crippen LogP contribution is -2.25. The Morgan fingerprint density at radius 1 is 1.05 bits per heavy atom. The summed E-state index contributed by atoms with van der Waals surface area (Å²) in [7, 11) is 0. The fourth-order valence-electron chi connectivity index (χ4n) is 2.36. The number of hydrogen-bond donors (Lipinski definition) is 1. The summed E-state index contributed by atoms with van der Waals surface area (Å²) in [6, 6.07) is 19.8. The molecule has 0 aromatic heterocycles. The van der Waals surface area contributed by atoms with Crippen LogP contribution in [-0.2, 0) is 0 Å². The first-order chi connectivity index (χ1) is 10.2. The molecule has 0 bridgehead atoms. The van der Waals surface area contributed by atoms with Crippen molar-refractivity contribution in [2.75, 3.05) is 6.54 Å². The molecule has 0 radical (unpaired) electrons. The third-order valence-electron chi connectivity index (χ3n) is 3.92. The maximum atomic E-state index is 3.52. The molecule has 1 heteroatoms. The molecule has 0 amide bonds. The van der Waals surface area contributed by atoms with Gasteiger partial charge in [0.25, 0.3) is 0 Å². The van der Waals surface area contributed by atoms with E-state index in [0.717, 1.165) is 13.0 Å². The van der Waals surface area contributed by atoms with Gasteiger partial charge in [-0.05, 0) is 42.5 Å². The Morgan fingerprint density at radius 2 is 1.71 bits per heavy atom. The molecule has 2 rings (SSSR count). The molecular weight excluding hydrogens is 254 g/mol. The fourth-order valence-corrected chi connectivity index (χ4v) is 2.36. The zero-order chi connectivity index (χ0) is 15.1. The van der Waals surface area contributed by atoms with Crippen LogP contribution in [0.15, 0.2) is 60.7 Å². The Kier molecular flexibility index (Phi) is 5.77. The zero-order valence-electron chi connectivity index (χ0n) is 13.3. The minimum absolute atomic E-state index is 0.568. The van der Waals surface area contributed by atoms with Crippen molar-refractivity contribution in [1.82, 2.24) is 5.32 Å². The summed E-state index contributed by atoms with van der Waals surface area (Å²) in [6.45, 7) is 7.55. The maximum Gasteiger partial charge on any atom is 0.0143 e. The molecule has 1 N–H and O–H groups in total. The SMILES string of the molecule is CCC(C)NCC=C(C)c1ccccc1-c1ccccc1. The molecule has 110 valence electrons. The van der Waals surface area contributed by atoms with Crippen LogP contribution in [0, 0.1) is 0 Å². The summed E-state index contributed by atoms with van der Waals surface area (Å²) >= 11 is 0. The number of benzene rings is 2. The lowest BCUT2D eigenvalue weighted by Gasteiger charge is -2.12. The molecule has 0 saturated heterocycles. The molecular formula is C20H25N. The van der Waals surface area contributed by atoms with Crippen molar-refractivity contribution in [1.29, 1.82) is 0 Å². The average molecular weight is 279 g/mol. The van der Waals surface area contributed by atoms with Crippen LogP contribution < -0.4 is 5.32 Å². The lowest BCUT2D eigenvalue weighted by atomic mass is 9.95. The van der Waals surface area contributed by atoms with E-state index in [2.05, 4.69) is 86.8 Å². The van der Waals surface area contributed by atoms with E-state index in [1.807, 2.05) is 0 Å². The summed E-state index contributed by atoms with van der Waals surface area (Å²) in [6.07, 6.45) is 3.45. The number of rotatable bonds is 6. The van der Waals surface area contributed by atoms with Gasteiger partial charge in [-0.3, -0.25) is 0 Å². The molecule has 0 heterocycles. The van der Waals surface area contributed by atoms with Gasteiger partial charge in [0.15, 0.2) is 0 Å². The van der Waals surface area contributed by atoms with Gasteiger partial charge in [0.1, 0.15) is 0 Å². The predicted octanol–water partition coefficient (Wildman–Crippen LogP) is 5.15. The second-order valence-electron chi connectivity index (χ2n) is 5.52. The molecule has 1 atom stereocenters. The van der Waals surface area contributed by atoms with Gasteiger partial charge in [0.2, 0.25) is 0 Å². The smallest absolute Gasteiger partial charge is 0.0143 e. The van der Waals surface area contributed by atoms with E-state index in [4.69, 9.17) is 0 Å². The first kappa shape index (κ1) is 15.5. The summed E-state index contributed by atoms with van der Waals surface area (Å²) < 4.78 is 0. The molecule has 0 spiro atoms. The normalized spacial score (nSPS) is 13.2. The van der Waals surface area contributed by atoms with E-state index in [-0.39, 0.29) is 0 Å². The average Bonchev–Trinajstić information content (AvgIpc) is 2.55. The third kappa shape index (κ3) is 4.30. The summed E-state index contributed by atoms with van der Waals surface area (Å²) in [5.74, 6) is 0. The molecule has 0 aliphatic heterocycles. The van der Waals surface area contributed by atoms with Crippen LogP contribution in [0.25, 0.3) is 16.7 Å². The Morgan fingerprint density at radius 3 is 2.43 bits per heavy atom. The second kappa shape index (κ2) is 7.80. The highest BCUT2D eigenvalue weighted by Gasteiger charge is 2.05. The van der Waals surface area contributed by atoms with Crippen molar-refractivity contribution >= 4 is 5.57 Å². The zero-order valence-corrected chi connectivity index (χ0v) is 13.3. The monoisotopic (exact) mass is 279 g/mol. The highest BCUT2D eigenvalue weighted by molar-refractivity contribution is 5.80. The molecule has 0 saturated carbocycles. The van der Waals surface area contributed by atoms with Gasteiger partial charge in [-0.2, -0.15) is 0 Å². The standard InChI is InChI=1S/C20H25N/c1-4-17(3)21-15-14-16(2)19-12-8-9-13-20(19)18-10-6-5-7-11-18/h5-14,17,21H,4,15H2,1-3H3. The number of hydrogen-bond acceptors (Lipinski definition) is 1. The van der Waals surface area contributed by atoms with Crippen LogP contribution >= 0.6 is 0 Å². The van der Waals surface area contributed by atoms with Crippen molar-refractivity contribution < 1.29 is 0 Å². The largest absolute Gasteiger partial charge is 0.311 e. The van der Waals surface area contributed by atoms with E-state index in [0.29, 0.717) is 6.04 Å². The van der Waals surface area contributed by atoms with Crippen LogP contribution in [0.4, 0.5) is 0 Å². The molecule has 1 unspecified atom stereocenters. The quantitative estimate of drug-likeness (QED) is 0.771. The molecule has 2 aromatic rings. The maximum absolute atomic E-state index is 3.52. The van der Waals surface area contributed by atoms with Crippen molar-refractivity contribution in [2.45, 2.75) is 33.2 Å². The minimum atomic E-state index is 0.568. The highest BCUT2D eigenvalue weighted by Crippen LogP contribution is 2.28. The van der Waals surface area contributed by atoms with Crippen LogP contribution in [-0.4, -0.2) is 12.6 Å². The van der Waals surface area contributed by atoms with Gasteiger partial charge in [0.05, 0.1) is 0 Å². The predicted molar refractivity (Wildman–Crippen MR) is 93.3 cm³/mol. The highest BCUT2D eigenvalue weighted by atomic mass is 14.9. The van der Waals surface area contributed by atoms with Gasteiger partial charge < -0.3 is 5.32 Å². The molecule has 0 aliphatic carbocycles. The van der Waals surface area contributed by atoms with E-state index in [1.165, 1.54) is 22.3 Å². The van der Waals surface area contributed by atoms with Crippen molar-refractivity contribution in [3.63, 3.8) is 0 Å². The van der Waals surface area contributed by atoms with Gasteiger partial charge in [-0.15, -0.1) is 0 Å². The summed E-state index contributed by atoms with van der Waals surface area (Å²) in [5.41, 5.74) is 5.21. The van der Waals surface area contributed by atoms with Crippen molar-refractivity contribution in [3.05, 3.63) is 66.2 Å². The summed E-state index contributed by atoms with van der Waals surface area (Å²) in [4.78, 5) is 0. The number of allylic oxidation sites excluding steroid dienone is 1. The van der Waals surface area contributed by atoms with Crippen molar-refractivity contribution in [2.24, 2.45) is 0 Å². The van der Waals surface area contributed by atoms with Crippen LogP contribution in [0.5, 0.6) is 0 Å². The topological polar surface area (TPSA) is 12.0 Å². The van der Waals surface area contributed by atoms with E-state index in [9.17, 15) is 0 Å². The van der Waals surface area contributed by atoms with E-state index >= 15 is 0 Å².